The van der Waals surface area contributed by atoms with Crippen LogP contribution in [0.25, 0.3) is 10.9 Å². The standard InChI is InChI=1S/C20H20N2O4/c1-12-10-22(17-9-15(21)6-7-16(17)19(12)23)11-14-5-4-13(20(24)26-3)8-18(14)25-2/h4-10H,11,21H2,1-3H3. The Morgan fingerprint density at radius 1 is 1.15 bits per heavy atom. The number of anilines is 1. The summed E-state index contributed by atoms with van der Waals surface area (Å²) < 4.78 is 12.1. The number of aryl methyl sites for hydroxylation is 1. The normalized spacial score (nSPS) is 10.7. The summed E-state index contributed by atoms with van der Waals surface area (Å²) in [5.74, 6) is 0.147. The predicted octanol–water partition coefficient (Wildman–Crippen LogP) is 2.74. The van der Waals surface area contributed by atoms with Crippen molar-refractivity contribution < 1.29 is 14.3 Å². The van der Waals surface area contributed by atoms with Crippen molar-refractivity contribution >= 4 is 22.6 Å². The average molecular weight is 352 g/mol. The van der Waals surface area contributed by atoms with Crippen LogP contribution in [0.5, 0.6) is 5.75 Å². The number of methoxy groups -OCH3 is 2. The summed E-state index contributed by atoms with van der Waals surface area (Å²) in [6, 6.07) is 10.4. The first kappa shape index (κ1) is 17.5. The number of nitrogens with two attached hydrogens (primary N) is 1. The number of ether oxygens (including phenoxy) is 2. The van der Waals surface area contributed by atoms with E-state index in [2.05, 4.69) is 0 Å². The molecule has 0 aliphatic heterocycles. The molecule has 1 heterocycles. The Labute approximate surface area is 150 Å². The maximum Gasteiger partial charge on any atom is 0.337 e. The quantitative estimate of drug-likeness (QED) is 0.577. The molecule has 0 unspecified atom stereocenters. The highest BCUT2D eigenvalue weighted by Gasteiger charge is 2.13. The lowest BCUT2D eigenvalue weighted by Gasteiger charge is -2.15. The highest BCUT2D eigenvalue weighted by atomic mass is 16.5. The zero-order chi connectivity index (χ0) is 18.8. The molecule has 134 valence electrons. The van der Waals surface area contributed by atoms with Crippen molar-refractivity contribution in [3.63, 3.8) is 0 Å². The largest absolute Gasteiger partial charge is 0.496 e. The second kappa shape index (κ2) is 6.92. The minimum Gasteiger partial charge on any atom is -0.496 e. The van der Waals surface area contributed by atoms with E-state index in [1.807, 2.05) is 10.6 Å². The van der Waals surface area contributed by atoms with Gasteiger partial charge in [0.25, 0.3) is 0 Å². The van der Waals surface area contributed by atoms with E-state index in [0.717, 1.165) is 11.1 Å². The lowest BCUT2D eigenvalue weighted by molar-refractivity contribution is 0.0600. The van der Waals surface area contributed by atoms with Crippen LogP contribution in [0.1, 0.15) is 21.5 Å². The fraction of sp³-hybridized carbons (Fsp3) is 0.200. The first-order valence-corrected chi connectivity index (χ1v) is 8.09. The Hall–Kier alpha value is -3.28. The van der Waals surface area contributed by atoms with E-state index in [1.165, 1.54) is 7.11 Å². The third-order valence-corrected chi connectivity index (χ3v) is 4.33. The number of hydrogen-bond acceptors (Lipinski definition) is 5. The van der Waals surface area contributed by atoms with Crippen molar-refractivity contribution in [1.82, 2.24) is 4.57 Å². The smallest absolute Gasteiger partial charge is 0.337 e. The molecule has 3 aromatic rings. The molecule has 0 amide bonds. The Morgan fingerprint density at radius 2 is 1.92 bits per heavy atom. The number of carbonyl (C=O) groups is 1. The summed E-state index contributed by atoms with van der Waals surface area (Å²) in [5.41, 5.74) is 9.16. The summed E-state index contributed by atoms with van der Waals surface area (Å²) in [4.78, 5) is 24.1. The molecule has 0 aliphatic rings. The van der Waals surface area contributed by atoms with E-state index < -0.39 is 5.97 Å². The first-order valence-electron chi connectivity index (χ1n) is 8.09. The molecule has 6 heteroatoms. The van der Waals surface area contributed by atoms with Gasteiger partial charge in [0.2, 0.25) is 0 Å². The predicted molar refractivity (Wildman–Crippen MR) is 101 cm³/mol. The summed E-state index contributed by atoms with van der Waals surface area (Å²) in [6.07, 6.45) is 1.80. The zero-order valence-electron chi connectivity index (χ0n) is 14.9. The third kappa shape index (κ3) is 3.13. The lowest BCUT2D eigenvalue weighted by atomic mass is 10.1. The Bertz CT molecular complexity index is 1050. The molecule has 2 N–H and O–H groups in total. The lowest BCUT2D eigenvalue weighted by Crippen LogP contribution is -2.14. The molecule has 2 aromatic carbocycles. The zero-order valence-corrected chi connectivity index (χ0v) is 14.9. The molecule has 0 radical (unpaired) electrons. The molecule has 0 saturated carbocycles. The van der Waals surface area contributed by atoms with Crippen molar-refractivity contribution in [3.8, 4) is 5.75 Å². The van der Waals surface area contributed by atoms with E-state index >= 15 is 0 Å². The summed E-state index contributed by atoms with van der Waals surface area (Å²) in [5, 5.41) is 0.615. The van der Waals surface area contributed by atoms with E-state index in [9.17, 15) is 9.59 Å². The highest BCUT2D eigenvalue weighted by molar-refractivity contribution is 5.90. The highest BCUT2D eigenvalue weighted by Crippen LogP contribution is 2.24. The van der Waals surface area contributed by atoms with Crippen molar-refractivity contribution in [2.75, 3.05) is 20.0 Å². The summed E-state index contributed by atoms with van der Waals surface area (Å²) in [6.45, 7) is 2.25. The van der Waals surface area contributed by atoms with E-state index in [-0.39, 0.29) is 5.43 Å². The van der Waals surface area contributed by atoms with Gasteiger partial charge in [-0.2, -0.15) is 0 Å². The number of nitrogens with zero attached hydrogens (tertiary/aromatic N) is 1. The summed E-state index contributed by atoms with van der Waals surface area (Å²) in [7, 11) is 2.88. The van der Waals surface area contributed by atoms with Gasteiger partial charge >= 0.3 is 5.97 Å². The Kier molecular flexibility index (Phi) is 4.67. The number of rotatable bonds is 4. The number of benzene rings is 2. The van der Waals surface area contributed by atoms with Crippen molar-refractivity contribution in [2.24, 2.45) is 0 Å². The van der Waals surface area contributed by atoms with Crippen molar-refractivity contribution in [3.05, 3.63) is 69.5 Å². The molecule has 0 atom stereocenters. The molecule has 0 bridgehead atoms. The number of aromatic nitrogens is 1. The van der Waals surface area contributed by atoms with Crippen LogP contribution in [0, 0.1) is 6.92 Å². The Morgan fingerprint density at radius 3 is 2.62 bits per heavy atom. The van der Waals surface area contributed by atoms with Gasteiger partial charge in [-0.1, -0.05) is 6.07 Å². The Balaban J connectivity index is 2.12. The average Bonchev–Trinajstić information content (AvgIpc) is 2.65. The number of fused-ring (bicyclic) bond motifs is 1. The molecular weight excluding hydrogens is 332 g/mol. The minimum atomic E-state index is -0.424. The van der Waals surface area contributed by atoms with Gasteiger partial charge in [0.05, 0.1) is 31.8 Å². The van der Waals surface area contributed by atoms with Crippen LogP contribution in [-0.4, -0.2) is 24.8 Å². The van der Waals surface area contributed by atoms with Gasteiger partial charge < -0.3 is 19.8 Å². The van der Waals surface area contributed by atoms with Crippen LogP contribution in [0.4, 0.5) is 5.69 Å². The number of carbonyl (C=O) groups excluding carboxylic acids is 1. The van der Waals surface area contributed by atoms with Gasteiger partial charge in [0.15, 0.2) is 5.43 Å². The van der Waals surface area contributed by atoms with Gasteiger partial charge in [0, 0.05) is 28.4 Å². The van der Waals surface area contributed by atoms with E-state index in [1.54, 1.807) is 50.6 Å². The summed E-state index contributed by atoms with van der Waals surface area (Å²) >= 11 is 0. The van der Waals surface area contributed by atoms with Crippen LogP contribution >= 0.6 is 0 Å². The molecule has 0 spiro atoms. The monoisotopic (exact) mass is 352 g/mol. The first-order chi connectivity index (χ1) is 12.4. The second-order valence-corrected chi connectivity index (χ2v) is 6.06. The fourth-order valence-electron chi connectivity index (χ4n) is 2.99. The molecule has 3 rings (SSSR count). The van der Waals surface area contributed by atoms with E-state index in [0.29, 0.717) is 34.5 Å². The van der Waals surface area contributed by atoms with E-state index in [4.69, 9.17) is 15.2 Å². The number of hydrogen-bond donors (Lipinski definition) is 1. The van der Waals surface area contributed by atoms with Crippen LogP contribution < -0.4 is 15.9 Å². The fourth-order valence-corrected chi connectivity index (χ4v) is 2.99. The number of pyridine rings is 1. The van der Waals surface area contributed by atoms with Gasteiger partial charge in [0.1, 0.15) is 5.75 Å². The molecule has 6 nitrogen and oxygen atoms in total. The molecule has 1 aromatic heterocycles. The topological polar surface area (TPSA) is 83.5 Å². The van der Waals surface area contributed by atoms with Gasteiger partial charge in [-0.3, -0.25) is 4.79 Å². The minimum absolute atomic E-state index is 0.00995. The van der Waals surface area contributed by atoms with Crippen molar-refractivity contribution in [1.29, 1.82) is 0 Å². The number of nitrogen functional groups attached to an aromatic ring is 1. The van der Waals surface area contributed by atoms with Crippen LogP contribution in [0.3, 0.4) is 0 Å². The van der Waals surface area contributed by atoms with Gasteiger partial charge in [-0.05, 0) is 37.3 Å². The molecule has 0 aliphatic carbocycles. The number of esters is 1. The molecule has 26 heavy (non-hydrogen) atoms. The SMILES string of the molecule is COC(=O)c1ccc(Cn2cc(C)c(=O)c3ccc(N)cc32)c(OC)c1. The van der Waals surface area contributed by atoms with Crippen LogP contribution in [0.2, 0.25) is 0 Å². The van der Waals surface area contributed by atoms with Gasteiger partial charge in [-0.15, -0.1) is 0 Å². The molecular formula is C20H20N2O4. The maximum atomic E-state index is 12.4. The van der Waals surface area contributed by atoms with Crippen molar-refractivity contribution in [2.45, 2.75) is 13.5 Å². The maximum absolute atomic E-state index is 12.4. The van der Waals surface area contributed by atoms with Gasteiger partial charge in [-0.25, -0.2) is 4.79 Å². The molecule has 0 fully saturated rings. The molecule has 0 saturated heterocycles. The van der Waals surface area contributed by atoms with Crippen LogP contribution in [0.15, 0.2) is 47.4 Å². The second-order valence-electron chi connectivity index (χ2n) is 6.06. The van der Waals surface area contributed by atoms with Crippen LogP contribution in [-0.2, 0) is 11.3 Å². The third-order valence-electron chi connectivity index (χ3n) is 4.33.